The van der Waals surface area contributed by atoms with Gasteiger partial charge in [0.1, 0.15) is 0 Å². The van der Waals surface area contributed by atoms with Crippen molar-refractivity contribution < 1.29 is 9.59 Å². The SMILES string of the molecule is CC(C)C(=O)NCCNC(=O)C1CCC(N)C1.Cl. The maximum absolute atomic E-state index is 11.7. The summed E-state index contributed by atoms with van der Waals surface area (Å²) in [6.45, 7) is 4.66. The fourth-order valence-electron chi connectivity index (χ4n) is 1.97. The van der Waals surface area contributed by atoms with E-state index < -0.39 is 0 Å². The largest absolute Gasteiger partial charge is 0.354 e. The first-order valence-electron chi connectivity index (χ1n) is 6.31. The van der Waals surface area contributed by atoms with E-state index in [1.165, 1.54) is 0 Å². The van der Waals surface area contributed by atoms with Crippen LogP contribution in [0.15, 0.2) is 0 Å². The molecule has 1 saturated carbocycles. The second kappa shape index (κ2) is 8.32. The Kier molecular flexibility index (Phi) is 7.95. The molecular weight excluding hydrogens is 254 g/mol. The van der Waals surface area contributed by atoms with Crippen LogP contribution in [-0.2, 0) is 9.59 Å². The Bertz CT molecular complexity index is 284. The summed E-state index contributed by atoms with van der Waals surface area (Å²) >= 11 is 0. The molecule has 106 valence electrons. The Labute approximate surface area is 115 Å². The predicted molar refractivity (Wildman–Crippen MR) is 73.4 cm³/mol. The highest BCUT2D eigenvalue weighted by Crippen LogP contribution is 2.23. The lowest BCUT2D eigenvalue weighted by atomic mass is 10.1. The molecule has 1 aliphatic rings. The highest BCUT2D eigenvalue weighted by atomic mass is 35.5. The molecule has 0 spiro atoms. The Morgan fingerprint density at radius 1 is 1.22 bits per heavy atom. The zero-order valence-corrected chi connectivity index (χ0v) is 11.9. The van der Waals surface area contributed by atoms with Gasteiger partial charge in [0.15, 0.2) is 0 Å². The molecule has 5 nitrogen and oxygen atoms in total. The second-order valence-electron chi connectivity index (χ2n) is 5.01. The predicted octanol–water partition coefficient (Wildman–Crippen LogP) is 0.424. The first kappa shape index (κ1) is 17.2. The minimum Gasteiger partial charge on any atom is -0.354 e. The molecule has 0 aromatic carbocycles. The summed E-state index contributed by atoms with van der Waals surface area (Å²) in [5.74, 6) is 0.128. The highest BCUT2D eigenvalue weighted by Gasteiger charge is 2.27. The third kappa shape index (κ3) is 5.69. The van der Waals surface area contributed by atoms with Crippen molar-refractivity contribution in [3.63, 3.8) is 0 Å². The molecule has 2 amide bonds. The smallest absolute Gasteiger partial charge is 0.223 e. The average molecular weight is 278 g/mol. The molecule has 0 heterocycles. The van der Waals surface area contributed by atoms with Crippen molar-refractivity contribution in [2.75, 3.05) is 13.1 Å². The Hall–Kier alpha value is -0.810. The third-order valence-electron chi connectivity index (χ3n) is 3.09. The van der Waals surface area contributed by atoms with Crippen LogP contribution in [-0.4, -0.2) is 30.9 Å². The maximum atomic E-state index is 11.7. The van der Waals surface area contributed by atoms with E-state index in [-0.39, 0.29) is 42.1 Å². The van der Waals surface area contributed by atoms with Crippen molar-refractivity contribution in [3.8, 4) is 0 Å². The van der Waals surface area contributed by atoms with Crippen molar-refractivity contribution in [3.05, 3.63) is 0 Å². The number of carbonyl (C=O) groups excluding carboxylic acids is 2. The summed E-state index contributed by atoms with van der Waals surface area (Å²) in [4.78, 5) is 22.9. The summed E-state index contributed by atoms with van der Waals surface area (Å²) in [6.07, 6.45) is 2.59. The van der Waals surface area contributed by atoms with Crippen molar-refractivity contribution in [1.82, 2.24) is 10.6 Å². The third-order valence-corrected chi connectivity index (χ3v) is 3.09. The standard InChI is InChI=1S/C12H23N3O2.ClH/c1-8(2)11(16)14-5-6-15-12(17)9-3-4-10(13)7-9;/h8-10H,3-7,13H2,1-2H3,(H,14,16)(H,15,17);1H. The van der Waals surface area contributed by atoms with Crippen molar-refractivity contribution in [2.24, 2.45) is 17.6 Å². The van der Waals surface area contributed by atoms with Gasteiger partial charge in [-0.2, -0.15) is 0 Å². The zero-order chi connectivity index (χ0) is 12.8. The van der Waals surface area contributed by atoms with E-state index in [0.717, 1.165) is 19.3 Å². The molecule has 6 heteroatoms. The van der Waals surface area contributed by atoms with E-state index in [4.69, 9.17) is 5.73 Å². The van der Waals surface area contributed by atoms with E-state index >= 15 is 0 Å². The molecule has 1 aliphatic carbocycles. The second-order valence-corrected chi connectivity index (χ2v) is 5.01. The number of nitrogens with one attached hydrogen (secondary N) is 2. The van der Waals surface area contributed by atoms with Gasteiger partial charge in [0.05, 0.1) is 0 Å². The number of amides is 2. The number of nitrogens with two attached hydrogens (primary N) is 1. The molecule has 0 bridgehead atoms. The topological polar surface area (TPSA) is 84.2 Å². The molecule has 0 aliphatic heterocycles. The molecule has 0 aromatic heterocycles. The van der Waals surface area contributed by atoms with Gasteiger partial charge in [0.25, 0.3) is 0 Å². The molecule has 0 radical (unpaired) electrons. The molecule has 2 atom stereocenters. The van der Waals surface area contributed by atoms with E-state index in [2.05, 4.69) is 10.6 Å². The fraction of sp³-hybridized carbons (Fsp3) is 0.833. The van der Waals surface area contributed by atoms with E-state index in [1.807, 2.05) is 13.8 Å². The van der Waals surface area contributed by atoms with Crippen LogP contribution in [0.25, 0.3) is 0 Å². The van der Waals surface area contributed by atoms with Gasteiger partial charge in [-0.1, -0.05) is 13.8 Å². The van der Waals surface area contributed by atoms with Crippen LogP contribution in [0, 0.1) is 11.8 Å². The van der Waals surface area contributed by atoms with Crippen LogP contribution >= 0.6 is 12.4 Å². The van der Waals surface area contributed by atoms with Crippen LogP contribution in [0.4, 0.5) is 0 Å². The molecule has 1 rings (SSSR count). The summed E-state index contributed by atoms with van der Waals surface area (Å²) in [5.41, 5.74) is 5.75. The molecule has 0 aromatic rings. The summed E-state index contributed by atoms with van der Waals surface area (Å²) in [6, 6.07) is 0.173. The fourth-order valence-corrected chi connectivity index (χ4v) is 1.97. The van der Waals surface area contributed by atoms with Gasteiger partial charge in [-0.25, -0.2) is 0 Å². The molecular formula is C12H24ClN3O2. The Morgan fingerprint density at radius 2 is 1.83 bits per heavy atom. The van der Waals surface area contributed by atoms with Crippen LogP contribution in [0.1, 0.15) is 33.1 Å². The quantitative estimate of drug-likeness (QED) is 0.637. The van der Waals surface area contributed by atoms with Gasteiger partial charge in [0.2, 0.25) is 11.8 Å². The van der Waals surface area contributed by atoms with E-state index in [0.29, 0.717) is 13.1 Å². The minimum absolute atomic E-state index is 0. The van der Waals surface area contributed by atoms with Crippen LogP contribution < -0.4 is 16.4 Å². The first-order valence-corrected chi connectivity index (χ1v) is 6.31. The summed E-state index contributed by atoms with van der Waals surface area (Å²) in [5, 5.41) is 5.59. The highest BCUT2D eigenvalue weighted by molar-refractivity contribution is 5.85. The van der Waals surface area contributed by atoms with Crippen molar-refractivity contribution >= 4 is 24.2 Å². The first-order chi connectivity index (χ1) is 8.00. The van der Waals surface area contributed by atoms with Crippen LogP contribution in [0.3, 0.4) is 0 Å². The Morgan fingerprint density at radius 3 is 2.33 bits per heavy atom. The van der Waals surface area contributed by atoms with Gasteiger partial charge in [0, 0.05) is 31.0 Å². The summed E-state index contributed by atoms with van der Waals surface area (Å²) < 4.78 is 0. The zero-order valence-electron chi connectivity index (χ0n) is 11.1. The van der Waals surface area contributed by atoms with E-state index in [1.54, 1.807) is 0 Å². The lowest BCUT2D eigenvalue weighted by molar-refractivity contribution is -0.126. The van der Waals surface area contributed by atoms with Gasteiger partial charge < -0.3 is 16.4 Å². The normalized spacial score (nSPS) is 22.4. The minimum atomic E-state index is -0.0152. The average Bonchev–Trinajstić information content (AvgIpc) is 2.70. The number of hydrogen-bond donors (Lipinski definition) is 3. The molecule has 4 N–H and O–H groups in total. The molecule has 2 unspecified atom stereocenters. The number of rotatable bonds is 5. The van der Waals surface area contributed by atoms with E-state index in [9.17, 15) is 9.59 Å². The van der Waals surface area contributed by atoms with Gasteiger partial charge in [-0.15, -0.1) is 12.4 Å². The number of halogens is 1. The lowest BCUT2D eigenvalue weighted by Crippen LogP contribution is -2.38. The number of carbonyl (C=O) groups is 2. The van der Waals surface area contributed by atoms with Crippen molar-refractivity contribution in [2.45, 2.75) is 39.2 Å². The van der Waals surface area contributed by atoms with Crippen LogP contribution in [0.5, 0.6) is 0 Å². The summed E-state index contributed by atoms with van der Waals surface area (Å²) in [7, 11) is 0. The molecule has 18 heavy (non-hydrogen) atoms. The van der Waals surface area contributed by atoms with Crippen LogP contribution in [0.2, 0.25) is 0 Å². The van der Waals surface area contributed by atoms with Gasteiger partial charge in [-0.05, 0) is 19.3 Å². The maximum Gasteiger partial charge on any atom is 0.223 e. The molecule has 0 saturated heterocycles. The van der Waals surface area contributed by atoms with Gasteiger partial charge >= 0.3 is 0 Å². The number of hydrogen-bond acceptors (Lipinski definition) is 3. The van der Waals surface area contributed by atoms with Gasteiger partial charge in [-0.3, -0.25) is 9.59 Å². The molecule has 1 fully saturated rings. The van der Waals surface area contributed by atoms with Crippen molar-refractivity contribution in [1.29, 1.82) is 0 Å². The monoisotopic (exact) mass is 277 g/mol. The lowest BCUT2D eigenvalue weighted by Gasteiger charge is -2.12. The Balaban J connectivity index is 0.00000289.